The van der Waals surface area contributed by atoms with Crippen LogP contribution in [0.25, 0.3) is 0 Å². The van der Waals surface area contributed by atoms with Crippen LogP contribution >= 0.6 is 11.3 Å². The minimum absolute atomic E-state index is 0.0643. The van der Waals surface area contributed by atoms with Crippen LogP contribution in [0.4, 0.5) is 0 Å². The molecule has 6 heteroatoms. The van der Waals surface area contributed by atoms with Crippen LogP contribution < -0.4 is 15.4 Å². The number of nitrogens with one attached hydrogen (secondary N) is 2. The number of para-hydroxylation sites is 1. The molecule has 2 amide bonds. The molecule has 0 aliphatic rings. The summed E-state index contributed by atoms with van der Waals surface area (Å²) < 4.78 is 5.70. The molecule has 0 aliphatic carbocycles. The van der Waals surface area contributed by atoms with Crippen LogP contribution in [0.3, 0.4) is 0 Å². The van der Waals surface area contributed by atoms with Gasteiger partial charge in [-0.3, -0.25) is 9.59 Å². The highest BCUT2D eigenvalue weighted by molar-refractivity contribution is 7.10. The Morgan fingerprint density at radius 1 is 0.967 bits per heavy atom. The maximum Gasteiger partial charge on any atom is 0.258 e. The lowest BCUT2D eigenvalue weighted by atomic mass is 10.0. The van der Waals surface area contributed by atoms with Crippen LogP contribution in [-0.2, 0) is 11.3 Å². The number of carbonyl (C=O) groups is 2. The number of carbonyl (C=O) groups excluding carboxylic acids is 2. The van der Waals surface area contributed by atoms with E-state index < -0.39 is 0 Å². The first kappa shape index (κ1) is 21.6. The second-order valence-electron chi connectivity index (χ2n) is 7.26. The van der Waals surface area contributed by atoms with E-state index in [4.69, 9.17) is 4.74 Å². The fourth-order valence-corrected chi connectivity index (χ4v) is 4.00. The Kier molecular flexibility index (Phi) is 7.63. The van der Waals surface area contributed by atoms with Crippen LogP contribution in [-0.4, -0.2) is 18.4 Å². The van der Waals surface area contributed by atoms with E-state index in [0.29, 0.717) is 17.9 Å². The summed E-state index contributed by atoms with van der Waals surface area (Å²) in [5, 5.41) is 7.92. The van der Waals surface area contributed by atoms with Gasteiger partial charge in [-0.2, -0.15) is 0 Å². The molecule has 0 fully saturated rings. The second kappa shape index (κ2) is 10.6. The van der Waals surface area contributed by atoms with Crippen LogP contribution in [0.5, 0.6) is 5.75 Å². The molecule has 30 heavy (non-hydrogen) atoms. The zero-order valence-electron chi connectivity index (χ0n) is 17.1. The number of amides is 2. The quantitative estimate of drug-likeness (QED) is 0.531. The highest BCUT2D eigenvalue weighted by atomic mass is 32.1. The van der Waals surface area contributed by atoms with E-state index in [-0.39, 0.29) is 30.4 Å². The van der Waals surface area contributed by atoms with E-state index in [1.807, 2.05) is 47.8 Å². The van der Waals surface area contributed by atoms with Gasteiger partial charge in [-0.15, -0.1) is 11.3 Å². The summed E-state index contributed by atoms with van der Waals surface area (Å²) in [6.45, 7) is 4.40. The van der Waals surface area contributed by atoms with Crippen molar-refractivity contribution in [1.29, 1.82) is 0 Å². The third kappa shape index (κ3) is 5.94. The molecular formula is C24H26N2O3S. The first-order chi connectivity index (χ1) is 14.5. The van der Waals surface area contributed by atoms with Crippen molar-refractivity contribution in [1.82, 2.24) is 10.6 Å². The fourth-order valence-electron chi connectivity index (χ4n) is 3.05. The zero-order valence-corrected chi connectivity index (χ0v) is 17.9. The number of ether oxygens (including phenoxy) is 1. The Morgan fingerprint density at radius 2 is 1.70 bits per heavy atom. The van der Waals surface area contributed by atoms with Crippen molar-refractivity contribution in [2.75, 3.05) is 6.61 Å². The standard InChI is InChI=1S/C24H26N2O3S/c1-17(2)23(21-13-8-14-30-21)26-22(27)16-29-20-12-7-6-11-19(20)24(28)25-15-18-9-4-3-5-10-18/h3-14,17,23H,15-16H2,1-2H3,(H,25,28)(H,26,27)/t23-/m1/s1. The Labute approximate surface area is 181 Å². The molecule has 5 nitrogen and oxygen atoms in total. The van der Waals surface area contributed by atoms with Crippen molar-refractivity contribution in [2.24, 2.45) is 5.92 Å². The van der Waals surface area contributed by atoms with Gasteiger partial charge in [0.05, 0.1) is 11.6 Å². The molecule has 1 aromatic heterocycles. The molecule has 156 valence electrons. The molecule has 3 rings (SSSR count). The summed E-state index contributed by atoms with van der Waals surface area (Å²) in [6, 6.07) is 20.6. The third-order valence-corrected chi connectivity index (χ3v) is 5.57. The van der Waals surface area contributed by atoms with Crippen LogP contribution in [0.1, 0.15) is 40.7 Å². The van der Waals surface area contributed by atoms with Crippen molar-refractivity contribution in [3.05, 3.63) is 88.1 Å². The van der Waals surface area contributed by atoms with Gasteiger partial charge in [-0.25, -0.2) is 0 Å². The molecule has 1 atom stereocenters. The van der Waals surface area contributed by atoms with E-state index >= 15 is 0 Å². The second-order valence-corrected chi connectivity index (χ2v) is 8.24. The summed E-state index contributed by atoms with van der Waals surface area (Å²) >= 11 is 1.62. The molecule has 0 saturated heterocycles. The predicted molar refractivity (Wildman–Crippen MR) is 120 cm³/mol. The van der Waals surface area contributed by atoms with Crippen LogP contribution in [0, 0.1) is 5.92 Å². The minimum Gasteiger partial charge on any atom is -0.483 e. The summed E-state index contributed by atoms with van der Waals surface area (Å²) in [7, 11) is 0. The topological polar surface area (TPSA) is 67.4 Å². The number of benzene rings is 2. The van der Waals surface area contributed by atoms with Crippen molar-refractivity contribution in [3.63, 3.8) is 0 Å². The predicted octanol–water partition coefficient (Wildman–Crippen LogP) is 4.57. The average molecular weight is 423 g/mol. The van der Waals surface area contributed by atoms with Gasteiger partial charge in [0.1, 0.15) is 5.75 Å². The Balaban J connectivity index is 1.59. The highest BCUT2D eigenvalue weighted by Crippen LogP contribution is 2.25. The summed E-state index contributed by atoms with van der Waals surface area (Å²) in [6.07, 6.45) is 0. The maximum absolute atomic E-state index is 12.6. The molecule has 3 aromatic rings. The maximum atomic E-state index is 12.6. The zero-order chi connectivity index (χ0) is 21.3. The first-order valence-corrected chi connectivity index (χ1v) is 10.8. The molecule has 0 aliphatic heterocycles. The van der Waals surface area contributed by atoms with Crippen molar-refractivity contribution in [2.45, 2.75) is 26.4 Å². The molecule has 2 aromatic carbocycles. The van der Waals surface area contributed by atoms with E-state index in [1.165, 1.54) is 0 Å². The molecular weight excluding hydrogens is 396 g/mol. The van der Waals surface area contributed by atoms with Gasteiger partial charge in [-0.05, 0) is 35.1 Å². The number of rotatable bonds is 9. The van der Waals surface area contributed by atoms with E-state index in [1.54, 1.807) is 35.6 Å². The van der Waals surface area contributed by atoms with E-state index in [9.17, 15) is 9.59 Å². The Hall–Kier alpha value is -3.12. The van der Waals surface area contributed by atoms with Crippen LogP contribution in [0.15, 0.2) is 72.1 Å². The van der Waals surface area contributed by atoms with Gasteiger partial charge in [0.25, 0.3) is 11.8 Å². The lowest BCUT2D eigenvalue weighted by Gasteiger charge is -2.21. The molecule has 2 N–H and O–H groups in total. The number of hydrogen-bond donors (Lipinski definition) is 2. The summed E-state index contributed by atoms with van der Waals surface area (Å²) in [4.78, 5) is 26.2. The minimum atomic E-state index is -0.242. The summed E-state index contributed by atoms with van der Waals surface area (Å²) in [5.74, 6) is 0.175. The van der Waals surface area contributed by atoms with Gasteiger partial charge < -0.3 is 15.4 Å². The summed E-state index contributed by atoms with van der Waals surface area (Å²) in [5.41, 5.74) is 1.41. The van der Waals surface area contributed by atoms with E-state index in [0.717, 1.165) is 10.4 Å². The Bertz CT molecular complexity index is 956. The fraction of sp³-hybridized carbons (Fsp3) is 0.250. The Morgan fingerprint density at radius 3 is 2.40 bits per heavy atom. The molecule has 0 radical (unpaired) electrons. The normalized spacial score (nSPS) is 11.7. The van der Waals surface area contributed by atoms with Gasteiger partial charge >= 0.3 is 0 Å². The van der Waals surface area contributed by atoms with Crippen molar-refractivity contribution < 1.29 is 14.3 Å². The molecule has 0 spiro atoms. The van der Waals surface area contributed by atoms with Crippen LogP contribution in [0.2, 0.25) is 0 Å². The lowest BCUT2D eigenvalue weighted by molar-refractivity contribution is -0.124. The highest BCUT2D eigenvalue weighted by Gasteiger charge is 2.20. The number of hydrogen-bond acceptors (Lipinski definition) is 4. The molecule has 1 heterocycles. The van der Waals surface area contributed by atoms with E-state index in [2.05, 4.69) is 24.5 Å². The van der Waals surface area contributed by atoms with Gasteiger partial charge in [0.2, 0.25) is 0 Å². The monoisotopic (exact) mass is 422 g/mol. The largest absolute Gasteiger partial charge is 0.483 e. The van der Waals surface area contributed by atoms with Crippen molar-refractivity contribution in [3.8, 4) is 5.75 Å². The molecule has 0 bridgehead atoms. The smallest absolute Gasteiger partial charge is 0.258 e. The van der Waals surface area contributed by atoms with Crippen molar-refractivity contribution >= 4 is 23.2 Å². The molecule has 0 unspecified atom stereocenters. The average Bonchev–Trinajstić information content (AvgIpc) is 3.29. The third-order valence-electron chi connectivity index (χ3n) is 4.62. The number of thiophene rings is 1. The first-order valence-electron chi connectivity index (χ1n) is 9.91. The van der Waals surface area contributed by atoms with Gasteiger partial charge in [0.15, 0.2) is 6.61 Å². The van der Waals surface area contributed by atoms with Gasteiger partial charge in [0, 0.05) is 11.4 Å². The lowest BCUT2D eigenvalue weighted by Crippen LogP contribution is -2.35. The SMILES string of the molecule is CC(C)[C@@H](NC(=O)COc1ccccc1C(=O)NCc1ccccc1)c1cccs1. The van der Waals surface area contributed by atoms with Gasteiger partial charge in [-0.1, -0.05) is 62.4 Å². The molecule has 0 saturated carbocycles.